The molecule has 3 heterocycles. The summed E-state index contributed by atoms with van der Waals surface area (Å²) in [6, 6.07) is 9.81. The normalized spacial score (nSPS) is 20.6. The second-order valence-corrected chi connectivity index (χ2v) is 7.87. The van der Waals surface area contributed by atoms with Gasteiger partial charge in [0.2, 0.25) is 5.95 Å². The van der Waals surface area contributed by atoms with Gasteiger partial charge in [0.05, 0.1) is 5.69 Å². The van der Waals surface area contributed by atoms with Crippen molar-refractivity contribution in [1.82, 2.24) is 14.9 Å². The summed E-state index contributed by atoms with van der Waals surface area (Å²) in [7, 11) is 0. The summed E-state index contributed by atoms with van der Waals surface area (Å²) in [5.74, 6) is 1.55. The highest BCUT2D eigenvalue weighted by Gasteiger charge is 2.22. The number of anilines is 1. The van der Waals surface area contributed by atoms with Gasteiger partial charge in [-0.25, -0.2) is 9.97 Å². The number of likely N-dealkylation sites (tertiary alicyclic amines) is 1. The van der Waals surface area contributed by atoms with Crippen molar-refractivity contribution in [3.05, 3.63) is 42.1 Å². The van der Waals surface area contributed by atoms with Gasteiger partial charge in [-0.15, -0.1) is 0 Å². The Kier molecular flexibility index (Phi) is 5.37. The third-order valence-electron chi connectivity index (χ3n) is 5.65. The van der Waals surface area contributed by atoms with E-state index in [0.29, 0.717) is 5.92 Å². The smallest absolute Gasteiger partial charge is 0.253 e. The lowest BCUT2D eigenvalue weighted by atomic mass is 9.99. The predicted molar refractivity (Wildman–Crippen MR) is 108 cm³/mol. The van der Waals surface area contributed by atoms with Crippen molar-refractivity contribution in [3.63, 3.8) is 0 Å². The van der Waals surface area contributed by atoms with Gasteiger partial charge in [-0.3, -0.25) is 4.79 Å². The quantitative estimate of drug-likeness (QED) is 0.826. The minimum Gasteiger partial charge on any atom is -0.341 e. The van der Waals surface area contributed by atoms with Crippen LogP contribution >= 0.6 is 0 Å². The Bertz CT molecular complexity index is 783. The van der Waals surface area contributed by atoms with Gasteiger partial charge < -0.3 is 9.80 Å². The van der Waals surface area contributed by atoms with E-state index in [1.165, 1.54) is 25.7 Å². The Hall–Kier alpha value is -2.43. The molecule has 1 atom stereocenters. The molecule has 142 valence electrons. The average molecular weight is 364 g/mol. The van der Waals surface area contributed by atoms with Crippen LogP contribution in [0.15, 0.2) is 36.5 Å². The largest absolute Gasteiger partial charge is 0.341 e. The summed E-state index contributed by atoms with van der Waals surface area (Å²) < 4.78 is 0. The first-order valence-electron chi connectivity index (χ1n) is 10.2. The lowest BCUT2D eigenvalue weighted by molar-refractivity contribution is 0.0683. The van der Waals surface area contributed by atoms with Crippen molar-refractivity contribution in [2.75, 3.05) is 31.1 Å². The first-order chi connectivity index (χ1) is 13.2. The van der Waals surface area contributed by atoms with Crippen LogP contribution < -0.4 is 4.90 Å². The molecule has 0 spiro atoms. The molecule has 0 aliphatic carbocycles. The molecule has 2 aliphatic heterocycles. The van der Waals surface area contributed by atoms with E-state index in [1.807, 2.05) is 41.4 Å². The molecule has 2 aliphatic rings. The number of nitrogens with zero attached hydrogens (tertiary/aromatic N) is 4. The number of carbonyl (C=O) groups is 1. The number of amides is 1. The third-order valence-corrected chi connectivity index (χ3v) is 5.65. The van der Waals surface area contributed by atoms with Crippen molar-refractivity contribution in [1.29, 1.82) is 0 Å². The highest BCUT2D eigenvalue weighted by Crippen LogP contribution is 2.23. The van der Waals surface area contributed by atoms with Gasteiger partial charge in [0, 0.05) is 43.5 Å². The fraction of sp³-hybridized carbons (Fsp3) is 0.500. The molecule has 2 aromatic rings. The summed E-state index contributed by atoms with van der Waals surface area (Å²) >= 11 is 0. The van der Waals surface area contributed by atoms with E-state index < -0.39 is 0 Å². The van der Waals surface area contributed by atoms with Gasteiger partial charge >= 0.3 is 0 Å². The Labute approximate surface area is 161 Å². The molecule has 0 saturated carbocycles. The molecular formula is C22H28N4O. The average Bonchev–Trinajstić information content (AvgIpc) is 2.74. The molecule has 4 rings (SSSR count). The van der Waals surface area contributed by atoms with E-state index in [-0.39, 0.29) is 5.91 Å². The zero-order chi connectivity index (χ0) is 18.6. The zero-order valence-electron chi connectivity index (χ0n) is 16.1. The third kappa shape index (κ3) is 4.12. The molecule has 1 aromatic carbocycles. The summed E-state index contributed by atoms with van der Waals surface area (Å²) in [6.45, 7) is 6.02. The lowest BCUT2D eigenvalue weighted by Gasteiger charge is -2.31. The van der Waals surface area contributed by atoms with Gasteiger partial charge in [-0.05, 0) is 56.2 Å². The van der Waals surface area contributed by atoms with Crippen LogP contribution in [-0.4, -0.2) is 47.0 Å². The molecule has 5 nitrogen and oxygen atoms in total. The highest BCUT2D eigenvalue weighted by molar-refractivity contribution is 5.94. The second-order valence-electron chi connectivity index (χ2n) is 7.87. The van der Waals surface area contributed by atoms with Gasteiger partial charge in [-0.1, -0.05) is 19.1 Å². The Morgan fingerprint density at radius 3 is 2.52 bits per heavy atom. The van der Waals surface area contributed by atoms with Crippen LogP contribution in [0.5, 0.6) is 0 Å². The van der Waals surface area contributed by atoms with Crippen LogP contribution in [0.4, 0.5) is 5.95 Å². The molecule has 0 radical (unpaired) electrons. The Morgan fingerprint density at radius 2 is 1.78 bits per heavy atom. The number of piperidine rings is 2. The molecule has 2 saturated heterocycles. The van der Waals surface area contributed by atoms with Crippen molar-refractivity contribution < 1.29 is 4.79 Å². The summed E-state index contributed by atoms with van der Waals surface area (Å²) in [5, 5.41) is 0. The van der Waals surface area contributed by atoms with E-state index in [9.17, 15) is 4.79 Å². The monoisotopic (exact) mass is 364 g/mol. The Balaban J connectivity index is 1.49. The molecular weight excluding hydrogens is 336 g/mol. The summed E-state index contributed by atoms with van der Waals surface area (Å²) in [6.07, 6.45) is 7.86. The maximum Gasteiger partial charge on any atom is 0.253 e. The minimum atomic E-state index is 0.143. The molecule has 1 amide bonds. The van der Waals surface area contributed by atoms with Crippen LogP contribution in [0.2, 0.25) is 0 Å². The van der Waals surface area contributed by atoms with Crippen molar-refractivity contribution in [2.24, 2.45) is 5.92 Å². The predicted octanol–water partition coefficient (Wildman–Crippen LogP) is 4.01. The molecule has 1 unspecified atom stereocenters. The number of aromatic nitrogens is 2. The second kappa shape index (κ2) is 8.07. The van der Waals surface area contributed by atoms with Gasteiger partial charge in [0.1, 0.15) is 0 Å². The van der Waals surface area contributed by atoms with Crippen LogP contribution in [0.25, 0.3) is 11.3 Å². The number of rotatable bonds is 3. The van der Waals surface area contributed by atoms with Crippen LogP contribution in [0, 0.1) is 5.92 Å². The molecule has 5 heteroatoms. The van der Waals surface area contributed by atoms with Crippen LogP contribution in [0.3, 0.4) is 0 Å². The number of benzene rings is 1. The van der Waals surface area contributed by atoms with Crippen LogP contribution in [0.1, 0.15) is 49.4 Å². The van der Waals surface area contributed by atoms with E-state index >= 15 is 0 Å². The van der Waals surface area contributed by atoms with Gasteiger partial charge in [0.15, 0.2) is 0 Å². The van der Waals surface area contributed by atoms with E-state index in [0.717, 1.165) is 55.4 Å². The number of carbonyl (C=O) groups excluding carboxylic acids is 1. The maximum atomic E-state index is 12.7. The molecule has 0 bridgehead atoms. The minimum absolute atomic E-state index is 0.143. The van der Waals surface area contributed by atoms with Gasteiger partial charge in [-0.2, -0.15) is 0 Å². The van der Waals surface area contributed by atoms with Crippen molar-refractivity contribution >= 4 is 11.9 Å². The van der Waals surface area contributed by atoms with Gasteiger partial charge in [0.25, 0.3) is 5.91 Å². The van der Waals surface area contributed by atoms with Crippen molar-refractivity contribution in [3.8, 4) is 11.3 Å². The zero-order valence-corrected chi connectivity index (χ0v) is 16.1. The van der Waals surface area contributed by atoms with E-state index in [4.69, 9.17) is 4.98 Å². The fourth-order valence-electron chi connectivity index (χ4n) is 4.10. The molecule has 27 heavy (non-hydrogen) atoms. The topological polar surface area (TPSA) is 49.3 Å². The molecule has 2 fully saturated rings. The highest BCUT2D eigenvalue weighted by atomic mass is 16.2. The summed E-state index contributed by atoms with van der Waals surface area (Å²) in [4.78, 5) is 26.2. The SMILES string of the molecule is CC1CCCN(C(=O)c2ccc(-c3ccnc(N4CCCCC4)n3)cc2)C1. The number of hydrogen-bond donors (Lipinski definition) is 0. The standard InChI is InChI=1S/C22H28N4O/c1-17-6-5-15-26(16-17)21(27)19-9-7-18(8-10-19)20-11-12-23-22(24-20)25-13-3-2-4-14-25/h7-12,17H,2-6,13-16H2,1H3. The van der Waals surface area contributed by atoms with E-state index in [2.05, 4.69) is 16.8 Å². The fourth-order valence-corrected chi connectivity index (χ4v) is 4.10. The Morgan fingerprint density at radius 1 is 1.00 bits per heavy atom. The van der Waals surface area contributed by atoms with E-state index in [1.54, 1.807) is 0 Å². The van der Waals surface area contributed by atoms with Crippen molar-refractivity contribution in [2.45, 2.75) is 39.0 Å². The molecule has 0 N–H and O–H groups in total. The number of hydrogen-bond acceptors (Lipinski definition) is 4. The lowest BCUT2D eigenvalue weighted by Crippen LogP contribution is -2.39. The first kappa shape index (κ1) is 18.0. The van der Waals surface area contributed by atoms with Crippen LogP contribution in [-0.2, 0) is 0 Å². The summed E-state index contributed by atoms with van der Waals surface area (Å²) in [5.41, 5.74) is 2.70. The molecule has 1 aromatic heterocycles. The first-order valence-corrected chi connectivity index (χ1v) is 10.2. The maximum absolute atomic E-state index is 12.7.